The van der Waals surface area contributed by atoms with Crippen molar-refractivity contribution >= 4 is 0 Å². The molecule has 0 aromatic heterocycles. The van der Waals surface area contributed by atoms with E-state index in [1.54, 1.807) is 12.1 Å². The number of phenolic OH excluding ortho intramolecular Hbond substituents is 1. The van der Waals surface area contributed by atoms with E-state index in [9.17, 15) is 5.11 Å². The zero-order chi connectivity index (χ0) is 10.4. The van der Waals surface area contributed by atoms with Crippen molar-refractivity contribution in [2.45, 2.75) is 19.8 Å². The van der Waals surface area contributed by atoms with E-state index >= 15 is 0 Å². The van der Waals surface area contributed by atoms with Crippen LogP contribution in [0.5, 0.6) is 11.5 Å². The van der Waals surface area contributed by atoms with Crippen LogP contribution in [-0.4, -0.2) is 11.7 Å². The van der Waals surface area contributed by atoms with Crippen molar-refractivity contribution < 1.29 is 9.84 Å². The number of phenols is 1. The molecule has 0 saturated heterocycles. The van der Waals surface area contributed by atoms with Gasteiger partial charge in [-0.25, -0.2) is 0 Å². The van der Waals surface area contributed by atoms with Crippen LogP contribution in [-0.2, 0) is 0 Å². The van der Waals surface area contributed by atoms with Crippen LogP contribution in [0.4, 0.5) is 0 Å². The summed E-state index contributed by atoms with van der Waals surface area (Å²) in [4.78, 5) is 0. The monoisotopic (exact) mass is 191 g/mol. The molecule has 0 atom stereocenters. The molecule has 1 aromatic carbocycles. The molecule has 0 unspecified atom stereocenters. The summed E-state index contributed by atoms with van der Waals surface area (Å²) in [6, 6.07) is 7.14. The van der Waals surface area contributed by atoms with Gasteiger partial charge < -0.3 is 9.84 Å². The van der Waals surface area contributed by atoms with Gasteiger partial charge >= 0.3 is 0 Å². The quantitative estimate of drug-likeness (QED) is 0.743. The van der Waals surface area contributed by atoms with Crippen molar-refractivity contribution in [3.63, 3.8) is 0 Å². The summed E-state index contributed by atoms with van der Waals surface area (Å²) < 4.78 is 5.36. The summed E-state index contributed by atoms with van der Waals surface area (Å²) in [6.45, 7) is 2.40. The Labute approximate surface area is 83.6 Å². The van der Waals surface area contributed by atoms with Crippen LogP contribution in [0.2, 0.25) is 0 Å². The van der Waals surface area contributed by atoms with Gasteiger partial charge in [-0.05, 0) is 31.0 Å². The first-order valence-electron chi connectivity index (χ1n) is 4.53. The minimum Gasteiger partial charge on any atom is -0.508 e. The standard InChI is InChI=1S/C11H13NO2/c1-9-6-10(13)8-11(7-9)14-5-3-2-4-12/h6-8,13H,2-3,5H2,1H3. The van der Waals surface area contributed by atoms with Gasteiger partial charge in [0.1, 0.15) is 11.5 Å². The van der Waals surface area contributed by atoms with Gasteiger partial charge in [0.2, 0.25) is 0 Å². The van der Waals surface area contributed by atoms with Crippen molar-refractivity contribution in [2.75, 3.05) is 6.61 Å². The van der Waals surface area contributed by atoms with Crippen molar-refractivity contribution in [3.8, 4) is 17.6 Å². The third-order valence-corrected chi connectivity index (χ3v) is 1.74. The number of unbranched alkanes of at least 4 members (excludes halogenated alkanes) is 1. The molecule has 0 heterocycles. The molecule has 0 radical (unpaired) electrons. The maximum Gasteiger partial charge on any atom is 0.123 e. The molecular weight excluding hydrogens is 178 g/mol. The number of aryl methyl sites for hydroxylation is 1. The zero-order valence-corrected chi connectivity index (χ0v) is 8.16. The summed E-state index contributed by atoms with van der Waals surface area (Å²) in [5.41, 5.74) is 0.959. The van der Waals surface area contributed by atoms with Gasteiger partial charge in [-0.3, -0.25) is 0 Å². The zero-order valence-electron chi connectivity index (χ0n) is 8.16. The molecule has 0 saturated carbocycles. The second-order valence-corrected chi connectivity index (χ2v) is 3.11. The third-order valence-electron chi connectivity index (χ3n) is 1.74. The molecule has 0 fully saturated rings. The van der Waals surface area contributed by atoms with E-state index in [1.807, 2.05) is 19.1 Å². The fraction of sp³-hybridized carbons (Fsp3) is 0.364. The first-order chi connectivity index (χ1) is 6.72. The van der Waals surface area contributed by atoms with E-state index in [2.05, 4.69) is 0 Å². The molecule has 1 aromatic rings. The summed E-state index contributed by atoms with van der Waals surface area (Å²) >= 11 is 0. The fourth-order valence-corrected chi connectivity index (χ4v) is 1.15. The van der Waals surface area contributed by atoms with E-state index in [4.69, 9.17) is 10.00 Å². The Kier molecular flexibility index (Phi) is 3.81. The van der Waals surface area contributed by atoms with Gasteiger partial charge in [-0.2, -0.15) is 5.26 Å². The Bertz CT molecular complexity index is 321. The molecular formula is C11H13NO2. The largest absolute Gasteiger partial charge is 0.508 e. The number of aromatic hydroxyl groups is 1. The summed E-state index contributed by atoms with van der Waals surface area (Å²) in [6.07, 6.45) is 1.21. The Morgan fingerprint density at radius 1 is 1.43 bits per heavy atom. The van der Waals surface area contributed by atoms with Crippen molar-refractivity contribution in [3.05, 3.63) is 23.8 Å². The van der Waals surface area contributed by atoms with Gasteiger partial charge in [-0.1, -0.05) is 0 Å². The van der Waals surface area contributed by atoms with E-state index in [1.165, 1.54) is 0 Å². The van der Waals surface area contributed by atoms with Crippen LogP contribution in [0.3, 0.4) is 0 Å². The van der Waals surface area contributed by atoms with Gasteiger partial charge in [-0.15, -0.1) is 0 Å². The summed E-state index contributed by atoms with van der Waals surface area (Å²) in [5, 5.41) is 17.6. The number of ether oxygens (including phenoxy) is 1. The lowest BCUT2D eigenvalue weighted by atomic mass is 10.2. The van der Waals surface area contributed by atoms with E-state index in [-0.39, 0.29) is 5.75 Å². The highest BCUT2D eigenvalue weighted by molar-refractivity contribution is 5.36. The summed E-state index contributed by atoms with van der Waals surface area (Å²) in [5.74, 6) is 0.862. The highest BCUT2D eigenvalue weighted by Gasteiger charge is 1.97. The maximum atomic E-state index is 9.26. The third kappa shape index (κ3) is 3.36. The first-order valence-corrected chi connectivity index (χ1v) is 4.53. The predicted octanol–water partition coefficient (Wildman–Crippen LogP) is 2.38. The van der Waals surface area contributed by atoms with Crippen molar-refractivity contribution in [1.82, 2.24) is 0 Å². The van der Waals surface area contributed by atoms with Crippen LogP contribution in [0.15, 0.2) is 18.2 Å². The Balaban J connectivity index is 2.47. The number of nitriles is 1. The predicted molar refractivity (Wildman–Crippen MR) is 53.2 cm³/mol. The van der Waals surface area contributed by atoms with Crippen molar-refractivity contribution in [2.24, 2.45) is 0 Å². The van der Waals surface area contributed by atoms with Gasteiger partial charge in [0.05, 0.1) is 12.7 Å². The van der Waals surface area contributed by atoms with Gasteiger partial charge in [0.25, 0.3) is 0 Å². The average molecular weight is 191 g/mol. The molecule has 0 aliphatic heterocycles. The molecule has 0 aliphatic carbocycles. The minimum absolute atomic E-state index is 0.209. The number of benzene rings is 1. The molecule has 0 spiro atoms. The molecule has 74 valence electrons. The molecule has 1 rings (SSSR count). The molecule has 3 nitrogen and oxygen atoms in total. The highest BCUT2D eigenvalue weighted by Crippen LogP contribution is 2.21. The summed E-state index contributed by atoms with van der Waals surface area (Å²) in [7, 11) is 0. The first kappa shape index (κ1) is 10.4. The molecule has 0 aliphatic rings. The Hall–Kier alpha value is -1.69. The lowest BCUT2D eigenvalue weighted by molar-refractivity contribution is 0.310. The molecule has 14 heavy (non-hydrogen) atoms. The van der Waals surface area contributed by atoms with E-state index < -0.39 is 0 Å². The Morgan fingerprint density at radius 2 is 2.21 bits per heavy atom. The lowest BCUT2D eigenvalue weighted by Crippen LogP contribution is -1.96. The smallest absolute Gasteiger partial charge is 0.123 e. The number of hydrogen-bond acceptors (Lipinski definition) is 3. The number of nitrogens with zero attached hydrogens (tertiary/aromatic N) is 1. The van der Waals surface area contributed by atoms with Gasteiger partial charge in [0.15, 0.2) is 0 Å². The second-order valence-electron chi connectivity index (χ2n) is 3.11. The lowest BCUT2D eigenvalue weighted by Gasteiger charge is -2.06. The van der Waals surface area contributed by atoms with Crippen LogP contribution < -0.4 is 4.74 Å². The normalized spacial score (nSPS) is 9.43. The van der Waals surface area contributed by atoms with Crippen LogP contribution in [0, 0.1) is 18.3 Å². The average Bonchev–Trinajstić information content (AvgIpc) is 2.11. The topological polar surface area (TPSA) is 53.2 Å². The van der Waals surface area contributed by atoms with E-state index in [0.29, 0.717) is 25.2 Å². The SMILES string of the molecule is Cc1cc(O)cc(OCCCC#N)c1. The maximum absolute atomic E-state index is 9.26. The second kappa shape index (κ2) is 5.13. The van der Waals surface area contributed by atoms with Crippen molar-refractivity contribution in [1.29, 1.82) is 5.26 Å². The Morgan fingerprint density at radius 3 is 2.86 bits per heavy atom. The van der Waals surface area contributed by atoms with Crippen LogP contribution in [0.1, 0.15) is 18.4 Å². The molecule has 0 bridgehead atoms. The highest BCUT2D eigenvalue weighted by atomic mass is 16.5. The van der Waals surface area contributed by atoms with Gasteiger partial charge in [0, 0.05) is 12.5 Å². The van der Waals surface area contributed by atoms with E-state index in [0.717, 1.165) is 5.56 Å². The molecule has 0 amide bonds. The van der Waals surface area contributed by atoms with Crippen LogP contribution in [0.25, 0.3) is 0 Å². The molecule has 1 N–H and O–H groups in total. The van der Waals surface area contributed by atoms with Crippen LogP contribution >= 0.6 is 0 Å². The number of hydrogen-bond donors (Lipinski definition) is 1. The minimum atomic E-state index is 0.209. The fourth-order valence-electron chi connectivity index (χ4n) is 1.15. The molecule has 3 heteroatoms. The number of rotatable bonds is 4.